The first-order valence-corrected chi connectivity index (χ1v) is 8.45. The smallest absolute Gasteiger partial charge is 0.237 e. The third kappa shape index (κ3) is 3.58. The van der Waals surface area contributed by atoms with Crippen molar-refractivity contribution in [1.82, 2.24) is 10.2 Å². The minimum absolute atomic E-state index is 0.156. The van der Waals surface area contributed by atoms with E-state index in [0.29, 0.717) is 12.1 Å². The molecule has 3 N–H and O–H groups in total. The van der Waals surface area contributed by atoms with E-state index in [1.54, 1.807) is 0 Å². The first-order chi connectivity index (χ1) is 10.1. The highest BCUT2D eigenvalue weighted by molar-refractivity contribution is 5.85. The number of carbonyl (C=O) groups is 1. The number of ether oxygens (including phenoxy) is 1. The molecule has 2 saturated carbocycles. The zero-order chi connectivity index (χ0) is 14.9. The molecule has 0 aromatic carbocycles. The van der Waals surface area contributed by atoms with E-state index in [1.807, 2.05) is 0 Å². The van der Waals surface area contributed by atoms with E-state index >= 15 is 0 Å². The third-order valence-electron chi connectivity index (χ3n) is 5.53. The van der Waals surface area contributed by atoms with Crippen LogP contribution in [-0.2, 0) is 9.53 Å². The van der Waals surface area contributed by atoms with Crippen molar-refractivity contribution >= 4 is 5.91 Å². The number of nitrogens with one attached hydrogen (secondary N) is 1. The van der Waals surface area contributed by atoms with E-state index in [-0.39, 0.29) is 5.91 Å². The monoisotopic (exact) mass is 295 g/mol. The zero-order valence-corrected chi connectivity index (χ0v) is 13.1. The van der Waals surface area contributed by atoms with Crippen LogP contribution < -0.4 is 11.1 Å². The molecule has 5 heteroatoms. The standard InChI is InChI=1S/C16H29N3O2/c1-19(11-12-5-8-21-9-6-12)14-4-7-16(10-14,15(17)20)18-13-2-3-13/h12-14,18H,2-11H2,1H3,(H2,17,20). The molecule has 3 aliphatic rings. The number of primary amides is 1. The number of hydrogen-bond acceptors (Lipinski definition) is 4. The summed E-state index contributed by atoms with van der Waals surface area (Å²) in [6.45, 7) is 2.92. The van der Waals surface area contributed by atoms with Crippen molar-refractivity contribution in [3.8, 4) is 0 Å². The van der Waals surface area contributed by atoms with Gasteiger partial charge in [-0.2, -0.15) is 0 Å². The fraction of sp³-hybridized carbons (Fsp3) is 0.938. The SMILES string of the molecule is CN(CC1CCOCC1)C1CCC(NC2CC2)(C(N)=O)C1. The number of nitrogens with two attached hydrogens (primary N) is 1. The molecule has 1 saturated heterocycles. The quantitative estimate of drug-likeness (QED) is 0.763. The van der Waals surface area contributed by atoms with Gasteiger partial charge >= 0.3 is 0 Å². The maximum Gasteiger partial charge on any atom is 0.237 e. The highest BCUT2D eigenvalue weighted by atomic mass is 16.5. The summed E-state index contributed by atoms with van der Waals surface area (Å²) in [6, 6.07) is 1.00. The Morgan fingerprint density at radius 1 is 1.29 bits per heavy atom. The Morgan fingerprint density at radius 2 is 2.00 bits per heavy atom. The van der Waals surface area contributed by atoms with Gasteiger partial charge in [0.05, 0.1) is 5.54 Å². The summed E-state index contributed by atoms with van der Waals surface area (Å²) in [5.74, 6) is 0.583. The van der Waals surface area contributed by atoms with E-state index in [0.717, 1.165) is 44.9 Å². The summed E-state index contributed by atoms with van der Waals surface area (Å²) in [7, 11) is 2.20. The van der Waals surface area contributed by atoms with Gasteiger partial charge in [-0.1, -0.05) is 0 Å². The highest BCUT2D eigenvalue weighted by Gasteiger charge is 2.47. The average Bonchev–Trinajstić information content (AvgIpc) is 3.16. The molecular formula is C16H29N3O2. The minimum Gasteiger partial charge on any atom is -0.381 e. The lowest BCUT2D eigenvalue weighted by Gasteiger charge is -2.32. The number of rotatable bonds is 6. The Labute approximate surface area is 127 Å². The Hall–Kier alpha value is -0.650. The Kier molecular flexibility index (Phi) is 4.52. The van der Waals surface area contributed by atoms with E-state index in [2.05, 4.69) is 17.3 Å². The topological polar surface area (TPSA) is 67.6 Å². The number of carbonyl (C=O) groups excluding carboxylic acids is 1. The number of nitrogens with zero attached hydrogens (tertiary/aromatic N) is 1. The van der Waals surface area contributed by atoms with Crippen molar-refractivity contribution in [3.63, 3.8) is 0 Å². The third-order valence-corrected chi connectivity index (χ3v) is 5.53. The van der Waals surface area contributed by atoms with Crippen LogP contribution in [-0.4, -0.2) is 55.2 Å². The second kappa shape index (κ2) is 6.23. The molecule has 1 amide bonds. The predicted octanol–water partition coefficient (Wildman–Crippen LogP) is 0.873. The first-order valence-electron chi connectivity index (χ1n) is 8.45. The Morgan fingerprint density at radius 3 is 2.62 bits per heavy atom. The molecule has 2 aliphatic carbocycles. The van der Waals surface area contributed by atoms with Gasteiger partial charge in [0.1, 0.15) is 0 Å². The van der Waals surface area contributed by atoms with Crippen molar-refractivity contribution in [1.29, 1.82) is 0 Å². The second-order valence-electron chi connectivity index (χ2n) is 7.26. The van der Waals surface area contributed by atoms with E-state index < -0.39 is 5.54 Å². The molecule has 0 bridgehead atoms. The van der Waals surface area contributed by atoms with Crippen molar-refractivity contribution < 1.29 is 9.53 Å². The fourth-order valence-electron chi connectivity index (χ4n) is 3.93. The first kappa shape index (κ1) is 15.3. The van der Waals surface area contributed by atoms with Crippen molar-refractivity contribution in [3.05, 3.63) is 0 Å². The van der Waals surface area contributed by atoms with E-state index in [9.17, 15) is 4.79 Å². The maximum absolute atomic E-state index is 12.0. The van der Waals surface area contributed by atoms with Gasteiger partial charge in [-0.15, -0.1) is 0 Å². The van der Waals surface area contributed by atoms with Crippen molar-refractivity contribution in [2.75, 3.05) is 26.8 Å². The van der Waals surface area contributed by atoms with Crippen LogP contribution in [0.25, 0.3) is 0 Å². The predicted molar refractivity (Wildman–Crippen MR) is 81.9 cm³/mol. The molecule has 3 rings (SSSR count). The van der Waals surface area contributed by atoms with Crippen LogP contribution >= 0.6 is 0 Å². The van der Waals surface area contributed by atoms with Crippen LogP contribution in [0.3, 0.4) is 0 Å². The minimum atomic E-state index is -0.449. The molecule has 1 heterocycles. The van der Waals surface area contributed by atoms with Crippen LogP contribution in [0.4, 0.5) is 0 Å². The molecule has 0 spiro atoms. The lowest BCUT2D eigenvalue weighted by atomic mass is 9.95. The van der Waals surface area contributed by atoms with Gasteiger partial charge < -0.3 is 20.7 Å². The van der Waals surface area contributed by atoms with Crippen molar-refractivity contribution in [2.45, 2.75) is 62.6 Å². The molecule has 0 aromatic rings. The van der Waals surface area contributed by atoms with Crippen LogP contribution in [0, 0.1) is 5.92 Å². The zero-order valence-electron chi connectivity index (χ0n) is 13.1. The van der Waals surface area contributed by atoms with Crippen LogP contribution in [0.2, 0.25) is 0 Å². The lowest BCUT2D eigenvalue weighted by molar-refractivity contribution is -0.124. The molecule has 0 radical (unpaired) electrons. The largest absolute Gasteiger partial charge is 0.381 e. The summed E-state index contributed by atoms with van der Waals surface area (Å²) >= 11 is 0. The lowest BCUT2D eigenvalue weighted by Crippen LogP contribution is -2.55. The molecule has 120 valence electrons. The molecule has 2 atom stereocenters. The van der Waals surface area contributed by atoms with Gasteiger partial charge in [0.15, 0.2) is 0 Å². The van der Waals surface area contributed by atoms with Crippen molar-refractivity contribution in [2.24, 2.45) is 11.7 Å². The summed E-state index contributed by atoms with van der Waals surface area (Å²) in [5.41, 5.74) is 5.27. The summed E-state index contributed by atoms with van der Waals surface area (Å²) in [6.07, 6.45) is 7.55. The maximum atomic E-state index is 12.0. The van der Waals surface area contributed by atoms with Gasteiger partial charge in [0, 0.05) is 31.8 Å². The molecule has 0 aromatic heterocycles. The summed E-state index contributed by atoms with van der Waals surface area (Å²) < 4.78 is 5.43. The van der Waals surface area contributed by atoms with Gasteiger partial charge in [-0.25, -0.2) is 0 Å². The Balaban J connectivity index is 1.55. The van der Waals surface area contributed by atoms with Crippen LogP contribution in [0.15, 0.2) is 0 Å². The second-order valence-corrected chi connectivity index (χ2v) is 7.26. The highest BCUT2D eigenvalue weighted by Crippen LogP contribution is 2.36. The summed E-state index contributed by atoms with van der Waals surface area (Å²) in [4.78, 5) is 14.4. The van der Waals surface area contributed by atoms with Crippen LogP contribution in [0.5, 0.6) is 0 Å². The molecule has 5 nitrogen and oxygen atoms in total. The fourth-order valence-corrected chi connectivity index (χ4v) is 3.93. The molecule has 3 fully saturated rings. The molecule has 2 unspecified atom stereocenters. The average molecular weight is 295 g/mol. The Bertz CT molecular complexity index is 380. The number of amides is 1. The summed E-state index contributed by atoms with van der Waals surface area (Å²) in [5, 5.41) is 3.53. The number of hydrogen-bond donors (Lipinski definition) is 2. The van der Waals surface area contributed by atoms with Gasteiger partial charge in [0.25, 0.3) is 0 Å². The molecular weight excluding hydrogens is 266 g/mol. The van der Waals surface area contributed by atoms with Gasteiger partial charge in [-0.3, -0.25) is 4.79 Å². The van der Waals surface area contributed by atoms with Gasteiger partial charge in [-0.05, 0) is 57.9 Å². The van der Waals surface area contributed by atoms with E-state index in [4.69, 9.17) is 10.5 Å². The molecule has 1 aliphatic heterocycles. The molecule has 21 heavy (non-hydrogen) atoms. The normalized spacial score (nSPS) is 34.5. The van der Waals surface area contributed by atoms with E-state index in [1.165, 1.54) is 25.7 Å². The van der Waals surface area contributed by atoms with Gasteiger partial charge in [0.2, 0.25) is 5.91 Å². The van der Waals surface area contributed by atoms with Crippen LogP contribution in [0.1, 0.15) is 44.9 Å².